The summed E-state index contributed by atoms with van der Waals surface area (Å²) < 4.78 is 0. The van der Waals surface area contributed by atoms with Crippen LogP contribution in [0.4, 0.5) is 0 Å². The Bertz CT molecular complexity index is 464. The van der Waals surface area contributed by atoms with Gasteiger partial charge in [0.1, 0.15) is 0 Å². The third-order valence-electron chi connectivity index (χ3n) is 3.03. The summed E-state index contributed by atoms with van der Waals surface area (Å²) in [4.78, 5) is 3.25. The summed E-state index contributed by atoms with van der Waals surface area (Å²) in [7, 11) is 0. The third kappa shape index (κ3) is 3.51. The van der Waals surface area contributed by atoms with E-state index < -0.39 is 0 Å². The molecule has 3 heteroatoms. The molecule has 1 aromatic carbocycles. The number of H-pyrrole nitrogens is 1. The SMILES string of the molecule is CSCCC(C)NCc1ccc2cc[nH]c2c1. The van der Waals surface area contributed by atoms with Crippen molar-refractivity contribution in [2.75, 3.05) is 12.0 Å². The lowest BCUT2D eigenvalue weighted by atomic mass is 10.1. The number of nitrogens with one attached hydrogen (secondary N) is 2. The summed E-state index contributed by atoms with van der Waals surface area (Å²) >= 11 is 1.91. The minimum absolute atomic E-state index is 0.585. The van der Waals surface area contributed by atoms with Gasteiger partial charge in [0.25, 0.3) is 0 Å². The molecule has 0 saturated carbocycles. The van der Waals surface area contributed by atoms with Crippen LogP contribution in [0.1, 0.15) is 18.9 Å². The van der Waals surface area contributed by atoms with Crippen LogP contribution in [-0.4, -0.2) is 23.0 Å². The monoisotopic (exact) mass is 248 g/mol. The first-order chi connectivity index (χ1) is 8.29. The third-order valence-corrected chi connectivity index (χ3v) is 3.67. The number of hydrogen-bond acceptors (Lipinski definition) is 2. The average Bonchev–Trinajstić information content (AvgIpc) is 2.81. The maximum absolute atomic E-state index is 3.56. The Labute approximate surface area is 107 Å². The predicted molar refractivity (Wildman–Crippen MR) is 77.6 cm³/mol. The Morgan fingerprint density at radius 2 is 2.24 bits per heavy atom. The zero-order valence-corrected chi connectivity index (χ0v) is 11.3. The van der Waals surface area contributed by atoms with Gasteiger partial charge in [-0.2, -0.15) is 11.8 Å². The maximum atomic E-state index is 3.56. The molecule has 1 aromatic heterocycles. The van der Waals surface area contributed by atoms with E-state index in [1.54, 1.807) is 0 Å². The van der Waals surface area contributed by atoms with Gasteiger partial charge in [-0.1, -0.05) is 12.1 Å². The quantitative estimate of drug-likeness (QED) is 0.820. The fourth-order valence-electron chi connectivity index (χ4n) is 1.89. The minimum atomic E-state index is 0.585. The fourth-order valence-corrected chi connectivity index (χ4v) is 2.48. The Kier molecular flexibility index (Phi) is 4.51. The molecule has 0 aliphatic rings. The molecule has 2 nitrogen and oxygen atoms in total. The topological polar surface area (TPSA) is 27.8 Å². The molecule has 0 aliphatic heterocycles. The van der Waals surface area contributed by atoms with Crippen molar-refractivity contribution >= 4 is 22.7 Å². The Balaban J connectivity index is 1.89. The highest BCUT2D eigenvalue weighted by molar-refractivity contribution is 7.98. The molecule has 2 rings (SSSR count). The molecule has 1 unspecified atom stereocenters. The number of aromatic nitrogens is 1. The van der Waals surface area contributed by atoms with Crippen molar-refractivity contribution < 1.29 is 0 Å². The van der Waals surface area contributed by atoms with Crippen LogP contribution >= 0.6 is 11.8 Å². The summed E-state index contributed by atoms with van der Waals surface area (Å²) in [6.07, 6.45) is 5.38. The molecule has 0 amide bonds. The van der Waals surface area contributed by atoms with Crippen molar-refractivity contribution in [3.63, 3.8) is 0 Å². The van der Waals surface area contributed by atoms with E-state index in [4.69, 9.17) is 0 Å². The molecule has 0 bridgehead atoms. The van der Waals surface area contributed by atoms with Crippen molar-refractivity contribution in [3.8, 4) is 0 Å². The highest BCUT2D eigenvalue weighted by Gasteiger charge is 2.02. The van der Waals surface area contributed by atoms with E-state index >= 15 is 0 Å². The van der Waals surface area contributed by atoms with Crippen LogP contribution < -0.4 is 5.32 Å². The Morgan fingerprint density at radius 1 is 1.35 bits per heavy atom. The molecule has 0 spiro atoms. The van der Waals surface area contributed by atoms with Crippen LogP contribution in [0, 0.1) is 0 Å². The summed E-state index contributed by atoms with van der Waals surface area (Å²) in [6, 6.07) is 9.29. The van der Waals surface area contributed by atoms with E-state index in [1.807, 2.05) is 18.0 Å². The molecule has 92 valence electrons. The van der Waals surface area contributed by atoms with E-state index in [0.717, 1.165) is 6.54 Å². The van der Waals surface area contributed by atoms with Gasteiger partial charge >= 0.3 is 0 Å². The number of benzene rings is 1. The molecular formula is C14H20N2S. The van der Waals surface area contributed by atoms with Crippen molar-refractivity contribution in [1.29, 1.82) is 0 Å². The van der Waals surface area contributed by atoms with Crippen LogP contribution in [0.25, 0.3) is 10.9 Å². The molecule has 2 N–H and O–H groups in total. The van der Waals surface area contributed by atoms with Gasteiger partial charge in [-0.3, -0.25) is 0 Å². The van der Waals surface area contributed by atoms with Gasteiger partial charge in [-0.25, -0.2) is 0 Å². The highest BCUT2D eigenvalue weighted by atomic mass is 32.2. The molecule has 17 heavy (non-hydrogen) atoms. The first kappa shape index (κ1) is 12.5. The number of fused-ring (bicyclic) bond motifs is 1. The summed E-state index contributed by atoms with van der Waals surface area (Å²) in [5, 5.41) is 4.85. The first-order valence-electron chi connectivity index (χ1n) is 6.08. The number of thioether (sulfide) groups is 1. The van der Waals surface area contributed by atoms with E-state index in [0.29, 0.717) is 6.04 Å². The number of hydrogen-bond donors (Lipinski definition) is 2. The molecule has 0 fully saturated rings. The zero-order chi connectivity index (χ0) is 12.1. The first-order valence-corrected chi connectivity index (χ1v) is 7.47. The van der Waals surface area contributed by atoms with Gasteiger partial charge in [0.15, 0.2) is 0 Å². The largest absolute Gasteiger partial charge is 0.361 e. The van der Waals surface area contributed by atoms with E-state index in [2.05, 4.69) is 47.7 Å². The van der Waals surface area contributed by atoms with E-state index in [1.165, 1.54) is 28.6 Å². The lowest BCUT2D eigenvalue weighted by Gasteiger charge is -2.13. The standard InChI is InChI=1S/C14H20N2S/c1-11(6-8-17-2)16-10-12-3-4-13-5-7-15-14(13)9-12/h3-5,7,9,11,15-16H,6,8,10H2,1-2H3. The summed E-state index contributed by atoms with van der Waals surface area (Å²) in [5.74, 6) is 1.23. The lowest BCUT2D eigenvalue weighted by Crippen LogP contribution is -2.25. The van der Waals surface area contributed by atoms with Crippen LogP contribution in [0.2, 0.25) is 0 Å². The Morgan fingerprint density at radius 3 is 3.06 bits per heavy atom. The number of aromatic amines is 1. The molecular weight excluding hydrogens is 228 g/mol. The summed E-state index contributed by atoms with van der Waals surface area (Å²) in [5.41, 5.74) is 2.57. The van der Waals surface area contributed by atoms with Crippen molar-refractivity contribution in [2.24, 2.45) is 0 Å². The Hall–Kier alpha value is -0.930. The highest BCUT2D eigenvalue weighted by Crippen LogP contribution is 2.14. The van der Waals surface area contributed by atoms with Crippen molar-refractivity contribution in [3.05, 3.63) is 36.0 Å². The second kappa shape index (κ2) is 6.12. The van der Waals surface area contributed by atoms with Crippen LogP contribution in [0.15, 0.2) is 30.5 Å². The second-order valence-electron chi connectivity index (χ2n) is 4.46. The molecule has 0 saturated heterocycles. The van der Waals surface area contributed by atoms with Crippen molar-refractivity contribution in [2.45, 2.75) is 25.9 Å². The molecule has 0 radical (unpaired) electrons. The molecule has 1 atom stereocenters. The van der Waals surface area contributed by atoms with Gasteiger partial charge in [0.2, 0.25) is 0 Å². The molecule has 0 aliphatic carbocycles. The van der Waals surface area contributed by atoms with Gasteiger partial charge in [-0.15, -0.1) is 0 Å². The lowest BCUT2D eigenvalue weighted by molar-refractivity contribution is 0.538. The second-order valence-corrected chi connectivity index (χ2v) is 5.45. The van der Waals surface area contributed by atoms with Crippen LogP contribution in [0.5, 0.6) is 0 Å². The average molecular weight is 248 g/mol. The normalized spacial score (nSPS) is 13.1. The van der Waals surface area contributed by atoms with Gasteiger partial charge in [-0.05, 0) is 48.4 Å². The van der Waals surface area contributed by atoms with Crippen LogP contribution in [-0.2, 0) is 6.54 Å². The van der Waals surface area contributed by atoms with E-state index in [9.17, 15) is 0 Å². The fraction of sp³-hybridized carbons (Fsp3) is 0.429. The minimum Gasteiger partial charge on any atom is -0.361 e. The molecule has 2 aromatic rings. The van der Waals surface area contributed by atoms with Crippen molar-refractivity contribution in [1.82, 2.24) is 10.3 Å². The predicted octanol–water partition coefficient (Wildman–Crippen LogP) is 3.40. The smallest absolute Gasteiger partial charge is 0.0457 e. The molecule has 1 heterocycles. The summed E-state index contributed by atoms with van der Waals surface area (Å²) in [6.45, 7) is 3.20. The van der Waals surface area contributed by atoms with Gasteiger partial charge in [0.05, 0.1) is 0 Å². The maximum Gasteiger partial charge on any atom is 0.0457 e. The number of rotatable bonds is 6. The van der Waals surface area contributed by atoms with Gasteiger partial charge in [0, 0.05) is 24.3 Å². The van der Waals surface area contributed by atoms with Gasteiger partial charge < -0.3 is 10.3 Å². The van der Waals surface area contributed by atoms with E-state index in [-0.39, 0.29) is 0 Å². The van der Waals surface area contributed by atoms with Crippen LogP contribution in [0.3, 0.4) is 0 Å². The zero-order valence-electron chi connectivity index (χ0n) is 10.5.